The van der Waals surface area contributed by atoms with Gasteiger partial charge in [0.05, 0.1) is 12.3 Å². The number of likely N-dealkylation sites (tertiary alicyclic amines) is 1. The summed E-state index contributed by atoms with van der Waals surface area (Å²) in [5.41, 5.74) is 1.04. The van der Waals surface area contributed by atoms with Crippen LogP contribution in [0.15, 0.2) is 30.3 Å². The minimum atomic E-state index is -0.0592. The van der Waals surface area contributed by atoms with Gasteiger partial charge >= 0.3 is 0 Å². The van der Waals surface area contributed by atoms with Gasteiger partial charge in [0.15, 0.2) is 0 Å². The molecule has 1 aromatic rings. The van der Waals surface area contributed by atoms with Crippen LogP contribution < -0.4 is 10.6 Å². The molecule has 3 heterocycles. The van der Waals surface area contributed by atoms with Crippen molar-refractivity contribution in [3.8, 4) is 0 Å². The SMILES string of the molecule is Cl.O=C(NC1CC2CCC(C1)N2)C1CCCN(C(=O)Cc2ccccc2)C1. The molecule has 4 rings (SSSR count). The summed E-state index contributed by atoms with van der Waals surface area (Å²) in [5.74, 6) is 0.220. The highest BCUT2D eigenvalue weighted by atomic mass is 35.5. The average Bonchev–Trinajstić information content (AvgIpc) is 3.01. The first-order valence-corrected chi connectivity index (χ1v) is 10.1. The van der Waals surface area contributed by atoms with E-state index in [4.69, 9.17) is 0 Å². The molecule has 3 unspecified atom stereocenters. The number of amides is 2. The second-order valence-corrected chi connectivity index (χ2v) is 8.16. The van der Waals surface area contributed by atoms with Gasteiger partial charge in [-0.1, -0.05) is 30.3 Å². The number of rotatable bonds is 4. The van der Waals surface area contributed by atoms with Gasteiger partial charge in [-0.25, -0.2) is 0 Å². The van der Waals surface area contributed by atoms with E-state index < -0.39 is 0 Å². The van der Waals surface area contributed by atoms with E-state index in [2.05, 4.69) is 10.6 Å². The number of benzene rings is 1. The number of nitrogens with zero attached hydrogens (tertiary/aromatic N) is 1. The summed E-state index contributed by atoms with van der Waals surface area (Å²) in [7, 11) is 0. The van der Waals surface area contributed by atoms with Gasteiger partial charge in [-0.3, -0.25) is 9.59 Å². The molecular formula is C21H30ClN3O2. The van der Waals surface area contributed by atoms with Gasteiger partial charge in [0.2, 0.25) is 11.8 Å². The van der Waals surface area contributed by atoms with Gasteiger partial charge in [0.1, 0.15) is 0 Å². The number of halogens is 1. The summed E-state index contributed by atoms with van der Waals surface area (Å²) < 4.78 is 0. The van der Waals surface area contributed by atoms with E-state index in [0.717, 1.165) is 37.8 Å². The number of carbonyl (C=O) groups excluding carboxylic acids is 2. The van der Waals surface area contributed by atoms with E-state index >= 15 is 0 Å². The summed E-state index contributed by atoms with van der Waals surface area (Å²) in [6, 6.07) is 11.3. The van der Waals surface area contributed by atoms with Crippen molar-refractivity contribution < 1.29 is 9.59 Å². The lowest BCUT2D eigenvalue weighted by molar-refractivity contribution is -0.135. The number of fused-ring (bicyclic) bond motifs is 2. The number of hydrogen-bond donors (Lipinski definition) is 2. The van der Waals surface area contributed by atoms with E-state index in [1.807, 2.05) is 35.2 Å². The van der Waals surface area contributed by atoms with Crippen LogP contribution in [0, 0.1) is 5.92 Å². The summed E-state index contributed by atoms with van der Waals surface area (Å²) in [6.45, 7) is 1.34. The summed E-state index contributed by atoms with van der Waals surface area (Å²) in [5, 5.41) is 6.90. The molecule has 3 aliphatic heterocycles. The molecule has 148 valence electrons. The van der Waals surface area contributed by atoms with Gasteiger partial charge in [-0.05, 0) is 44.1 Å². The standard InChI is InChI=1S/C21H29N3O2.ClH/c25-20(11-15-5-2-1-3-6-15)24-10-4-7-16(14-24)21(26)23-19-12-17-8-9-18(13-19)22-17;/h1-3,5-6,16-19,22H,4,7-14H2,(H,23,26);1H. The minimum Gasteiger partial charge on any atom is -0.353 e. The second-order valence-electron chi connectivity index (χ2n) is 8.16. The third-order valence-electron chi connectivity index (χ3n) is 6.16. The highest BCUT2D eigenvalue weighted by molar-refractivity contribution is 5.85. The molecule has 27 heavy (non-hydrogen) atoms. The van der Waals surface area contributed by atoms with Crippen molar-refractivity contribution in [2.45, 2.75) is 63.1 Å². The van der Waals surface area contributed by atoms with Crippen LogP contribution in [-0.2, 0) is 16.0 Å². The third-order valence-corrected chi connectivity index (χ3v) is 6.16. The Labute approximate surface area is 167 Å². The molecule has 0 aromatic heterocycles. The number of piperidine rings is 2. The van der Waals surface area contributed by atoms with Crippen LogP contribution in [0.5, 0.6) is 0 Å². The van der Waals surface area contributed by atoms with Crippen molar-refractivity contribution in [2.24, 2.45) is 5.92 Å². The topological polar surface area (TPSA) is 61.4 Å². The molecule has 5 nitrogen and oxygen atoms in total. The molecule has 2 amide bonds. The quantitative estimate of drug-likeness (QED) is 0.827. The molecule has 3 atom stereocenters. The third kappa shape index (κ3) is 5.02. The highest BCUT2D eigenvalue weighted by Gasteiger charge is 2.36. The lowest BCUT2D eigenvalue weighted by atomic mass is 9.94. The highest BCUT2D eigenvalue weighted by Crippen LogP contribution is 2.27. The van der Waals surface area contributed by atoms with Gasteiger partial charge in [-0.15, -0.1) is 12.4 Å². The van der Waals surface area contributed by atoms with Crippen molar-refractivity contribution in [3.63, 3.8) is 0 Å². The predicted molar refractivity (Wildman–Crippen MR) is 108 cm³/mol. The fourth-order valence-electron chi connectivity index (χ4n) is 4.79. The smallest absolute Gasteiger partial charge is 0.227 e. The van der Waals surface area contributed by atoms with Crippen molar-refractivity contribution in [3.05, 3.63) is 35.9 Å². The van der Waals surface area contributed by atoms with E-state index in [-0.39, 0.29) is 30.1 Å². The van der Waals surface area contributed by atoms with Gasteiger partial charge in [0.25, 0.3) is 0 Å². The Morgan fingerprint density at radius 1 is 1.07 bits per heavy atom. The molecule has 1 aromatic carbocycles. The molecule has 0 saturated carbocycles. The minimum absolute atomic E-state index is 0. The molecule has 6 heteroatoms. The zero-order chi connectivity index (χ0) is 17.9. The lowest BCUT2D eigenvalue weighted by Crippen LogP contribution is -2.52. The number of hydrogen-bond acceptors (Lipinski definition) is 3. The predicted octanol–water partition coefficient (Wildman–Crippen LogP) is 2.29. The Kier molecular flexibility index (Phi) is 6.77. The molecule has 0 radical (unpaired) electrons. The number of carbonyl (C=O) groups is 2. The van der Waals surface area contributed by atoms with E-state index in [1.54, 1.807) is 0 Å². The Morgan fingerprint density at radius 3 is 2.48 bits per heavy atom. The summed E-state index contributed by atoms with van der Waals surface area (Å²) >= 11 is 0. The fourth-order valence-corrected chi connectivity index (χ4v) is 4.79. The molecule has 3 aliphatic rings. The van der Waals surface area contributed by atoms with Gasteiger partial charge in [-0.2, -0.15) is 0 Å². The van der Waals surface area contributed by atoms with Crippen molar-refractivity contribution in [1.82, 2.24) is 15.5 Å². The zero-order valence-electron chi connectivity index (χ0n) is 15.7. The van der Waals surface area contributed by atoms with Crippen LogP contribution in [0.25, 0.3) is 0 Å². The molecular weight excluding hydrogens is 362 g/mol. The van der Waals surface area contributed by atoms with Crippen LogP contribution in [-0.4, -0.2) is 47.9 Å². The monoisotopic (exact) mass is 391 g/mol. The maximum atomic E-state index is 12.8. The van der Waals surface area contributed by atoms with Crippen LogP contribution in [0.3, 0.4) is 0 Å². The maximum Gasteiger partial charge on any atom is 0.227 e. The molecule has 0 aliphatic carbocycles. The Bertz CT molecular complexity index is 642. The first kappa shape index (κ1) is 20.2. The van der Waals surface area contributed by atoms with Crippen molar-refractivity contribution in [2.75, 3.05) is 13.1 Å². The molecule has 3 fully saturated rings. The molecule has 3 saturated heterocycles. The summed E-state index contributed by atoms with van der Waals surface area (Å²) in [6.07, 6.45) is 6.80. The van der Waals surface area contributed by atoms with Crippen molar-refractivity contribution in [1.29, 1.82) is 0 Å². The Morgan fingerprint density at radius 2 is 1.78 bits per heavy atom. The van der Waals surface area contributed by atoms with Gasteiger partial charge < -0.3 is 15.5 Å². The van der Waals surface area contributed by atoms with Crippen molar-refractivity contribution >= 4 is 24.2 Å². The molecule has 0 spiro atoms. The lowest BCUT2D eigenvalue weighted by Gasteiger charge is -2.35. The second kappa shape index (κ2) is 9.07. The van der Waals surface area contributed by atoms with E-state index in [1.165, 1.54) is 12.8 Å². The van der Waals surface area contributed by atoms with Crippen LogP contribution >= 0.6 is 12.4 Å². The maximum absolute atomic E-state index is 12.8. The van der Waals surface area contributed by atoms with Gasteiger partial charge in [0, 0.05) is 31.2 Å². The van der Waals surface area contributed by atoms with E-state index in [9.17, 15) is 9.59 Å². The molecule has 2 N–H and O–H groups in total. The first-order chi connectivity index (χ1) is 12.7. The van der Waals surface area contributed by atoms with Crippen LogP contribution in [0.2, 0.25) is 0 Å². The van der Waals surface area contributed by atoms with Crippen LogP contribution in [0.1, 0.15) is 44.1 Å². The van der Waals surface area contributed by atoms with Crippen LogP contribution in [0.4, 0.5) is 0 Å². The largest absolute Gasteiger partial charge is 0.353 e. The molecule has 2 bridgehead atoms. The Balaban J connectivity index is 0.00000210. The zero-order valence-corrected chi connectivity index (χ0v) is 16.5. The van der Waals surface area contributed by atoms with E-state index in [0.29, 0.717) is 31.1 Å². The number of nitrogens with one attached hydrogen (secondary N) is 2. The Hall–Kier alpha value is -1.59. The summed E-state index contributed by atoms with van der Waals surface area (Å²) in [4.78, 5) is 27.2. The fraction of sp³-hybridized carbons (Fsp3) is 0.619. The average molecular weight is 392 g/mol. The first-order valence-electron chi connectivity index (χ1n) is 10.1. The normalized spacial score (nSPS) is 29.7.